The van der Waals surface area contributed by atoms with E-state index in [0.717, 1.165) is 4.47 Å². The van der Waals surface area contributed by atoms with Gasteiger partial charge >= 0.3 is 12.1 Å². The fourth-order valence-electron chi connectivity index (χ4n) is 2.86. The molecule has 11 heteroatoms. The molecule has 2 unspecified atom stereocenters. The number of hydrogen-bond donors (Lipinski definition) is 5. The Morgan fingerprint density at radius 3 is 2.39 bits per heavy atom. The molecule has 6 amide bonds. The van der Waals surface area contributed by atoms with E-state index in [1.807, 2.05) is 0 Å². The lowest BCUT2D eigenvalue weighted by Crippen LogP contribution is -2.63. The molecule has 28 heavy (non-hydrogen) atoms. The van der Waals surface area contributed by atoms with Crippen LogP contribution in [0.5, 0.6) is 0 Å². The molecule has 5 N–H and O–H groups in total. The molecule has 1 aromatic rings. The van der Waals surface area contributed by atoms with Crippen LogP contribution in [0.25, 0.3) is 0 Å². The minimum absolute atomic E-state index is 0.238. The maximum absolute atomic E-state index is 12.9. The molecule has 0 aliphatic carbocycles. The van der Waals surface area contributed by atoms with Crippen molar-refractivity contribution in [1.82, 2.24) is 21.1 Å². The van der Waals surface area contributed by atoms with Gasteiger partial charge in [-0.3, -0.25) is 9.59 Å². The van der Waals surface area contributed by atoms with Crippen molar-refractivity contribution in [2.24, 2.45) is 5.92 Å². The number of nitrogens with one attached hydrogen (secondary N) is 4. The van der Waals surface area contributed by atoms with Crippen molar-refractivity contribution in [3.05, 3.63) is 28.7 Å². The van der Waals surface area contributed by atoms with Gasteiger partial charge in [-0.2, -0.15) is 5.01 Å². The highest BCUT2D eigenvalue weighted by atomic mass is 79.9. The molecule has 0 spiro atoms. The normalized spacial score (nSPS) is 20.0. The molecule has 2 atom stereocenters. The molecular weight excluding hydrogens is 434 g/mol. The van der Waals surface area contributed by atoms with Gasteiger partial charge in [-0.15, -0.1) is 0 Å². The van der Waals surface area contributed by atoms with Crippen molar-refractivity contribution in [1.29, 1.82) is 0 Å². The number of anilines is 1. The Bertz CT molecular complexity index is 785. The third-order valence-electron chi connectivity index (χ3n) is 4.37. The molecule has 1 fully saturated rings. The first-order valence-electron chi connectivity index (χ1n) is 8.50. The van der Waals surface area contributed by atoms with E-state index in [4.69, 9.17) is 0 Å². The first-order chi connectivity index (χ1) is 13.1. The fraction of sp³-hybridized carbons (Fsp3) is 0.412. The van der Waals surface area contributed by atoms with Gasteiger partial charge in [0, 0.05) is 23.6 Å². The van der Waals surface area contributed by atoms with Crippen LogP contribution in [0.3, 0.4) is 0 Å². The summed E-state index contributed by atoms with van der Waals surface area (Å²) in [7, 11) is 0. The molecule has 0 saturated carbocycles. The van der Waals surface area contributed by atoms with Crippen LogP contribution in [0.2, 0.25) is 0 Å². The number of amides is 6. The molecule has 0 radical (unpaired) electrons. The summed E-state index contributed by atoms with van der Waals surface area (Å²) in [6.45, 7) is 4.31. The van der Waals surface area contributed by atoms with Crippen LogP contribution >= 0.6 is 15.9 Å². The summed E-state index contributed by atoms with van der Waals surface area (Å²) in [5, 5.41) is 18.4. The monoisotopic (exact) mass is 455 g/mol. The highest BCUT2D eigenvalue weighted by Gasteiger charge is 2.58. The van der Waals surface area contributed by atoms with Crippen LogP contribution in [-0.4, -0.2) is 52.2 Å². The van der Waals surface area contributed by atoms with Gasteiger partial charge in [-0.1, -0.05) is 29.8 Å². The fourth-order valence-corrected chi connectivity index (χ4v) is 3.13. The number of halogens is 1. The summed E-state index contributed by atoms with van der Waals surface area (Å²) in [5.74, 6) is -1.73. The average Bonchev–Trinajstić information content (AvgIpc) is 2.87. The van der Waals surface area contributed by atoms with Gasteiger partial charge in [0.25, 0.3) is 5.91 Å². The summed E-state index contributed by atoms with van der Waals surface area (Å²) in [6.07, 6.45) is -1.39. The standard InChI is InChI=1S/C17H22BrN5O5/c1-9(2)17(13(25)8-19-10(3)24)14(26)23(16(28)21-17)22-15(27)20-12-6-4-11(18)5-7-12/h4-7,9,13,25H,8H2,1-3H3,(H,19,24)(H,21,28)(H2,20,22,27). The highest BCUT2D eigenvalue weighted by molar-refractivity contribution is 9.10. The second kappa shape index (κ2) is 8.57. The predicted molar refractivity (Wildman–Crippen MR) is 104 cm³/mol. The predicted octanol–water partition coefficient (Wildman–Crippen LogP) is 0.929. The van der Waals surface area contributed by atoms with E-state index >= 15 is 0 Å². The van der Waals surface area contributed by atoms with Crippen LogP contribution < -0.4 is 21.4 Å². The number of hydrazine groups is 1. The van der Waals surface area contributed by atoms with Crippen LogP contribution in [-0.2, 0) is 9.59 Å². The lowest BCUT2D eigenvalue weighted by atomic mass is 9.81. The first-order valence-corrected chi connectivity index (χ1v) is 9.29. The van der Waals surface area contributed by atoms with Crippen molar-refractivity contribution in [3.8, 4) is 0 Å². The van der Waals surface area contributed by atoms with Gasteiger partial charge < -0.3 is 21.1 Å². The summed E-state index contributed by atoms with van der Waals surface area (Å²) >= 11 is 3.28. The smallest absolute Gasteiger partial charge is 0.344 e. The lowest BCUT2D eigenvalue weighted by Gasteiger charge is -2.35. The molecule has 2 rings (SSSR count). The molecule has 1 aliphatic rings. The van der Waals surface area contributed by atoms with E-state index in [0.29, 0.717) is 10.7 Å². The molecule has 0 aromatic heterocycles. The van der Waals surface area contributed by atoms with E-state index in [2.05, 4.69) is 37.3 Å². The average molecular weight is 456 g/mol. The third kappa shape index (κ3) is 4.42. The number of carbonyl (C=O) groups is 4. The molecule has 152 valence electrons. The van der Waals surface area contributed by atoms with Crippen molar-refractivity contribution in [2.45, 2.75) is 32.4 Å². The molecule has 1 saturated heterocycles. The Morgan fingerprint density at radius 2 is 1.86 bits per heavy atom. The topological polar surface area (TPSA) is 140 Å². The zero-order valence-electron chi connectivity index (χ0n) is 15.6. The number of aliphatic hydroxyl groups excluding tert-OH is 1. The summed E-state index contributed by atoms with van der Waals surface area (Å²) in [4.78, 5) is 48.5. The third-order valence-corrected chi connectivity index (χ3v) is 4.90. The van der Waals surface area contributed by atoms with E-state index in [1.165, 1.54) is 6.92 Å². The lowest BCUT2D eigenvalue weighted by molar-refractivity contribution is -0.139. The molecule has 1 aromatic carbocycles. The maximum atomic E-state index is 12.9. The van der Waals surface area contributed by atoms with E-state index < -0.39 is 41.4 Å². The quantitative estimate of drug-likeness (QED) is 0.405. The number of carbonyl (C=O) groups excluding carboxylic acids is 4. The van der Waals surface area contributed by atoms with Crippen molar-refractivity contribution < 1.29 is 24.3 Å². The largest absolute Gasteiger partial charge is 0.388 e. The second-order valence-corrected chi connectivity index (χ2v) is 7.54. The molecule has 10 nitrogen and oxygen atoms in total. The van der Waals surface area contributed by atoms with Crippen molar-refractivity contribution in [2.75, 3.05) is 11.9 Å². The molecule has 0 bridgehead atoms. The SMILES string of the molecule is CC(=O)NCC(O)C1(C(C)C)NC(=O)N(NC(=O)Nc2ccc(Br)cc2)C1=O. The maximum Gasteiger partial charge on any atom is 0.344 e. The minimum Gasteiger partial charge on any atom is -0.388 e. The van der Waals surface area contributed by atoms with Gasteiger partial charge in [-0.25, -0.2) is 15.0 Å². The van der Waals surface area contributed by atoms with Crippen LogP contribution in [0, 0.1) is 5.92 Å². The number of nitrogens with zero attached hydrogens (tertiary/aromatic N) is 1. The number of urea groups is 2. The highest BCUT2D eigenvalue weighted by Crippen LogP contribution is 2.29. The first kappa shape index (κ1) is 21.6. The Balaban J connectivity index is 2.14. The number of hydrogen-bond acceptors (Lipinski definition) is 5. The zero-order chi connectivity index (χ0) is 21.1. The van der Waals surface area contributed by atoms with Gasteiger partial charge in [0.1, 0.15) is 6.10 Å². The van der Waals surface area contributed by atoms with E-state index in [9.17, 15) is 24.3 Å². The Labute approximate surface area is 170 Å². The number of benzene rings is 1. The van der Waals surface area contributed by atoms with Crippen molar-refractivity contribution in [3.63, 3.8) is 0 Å². The van der Waals surface area contributed by atoms with Gasteiger partial charge in [0.15, 0.2) is 5.54 Å². The number of aliphatic hydroxyl groups is 1. The van der Waals surface area contributed by atoms with Gasteiger partial charge in [-0.05, 0) is 30.2 Å². The van der Waals surface area contributed by atoms with Gasteiger partial charge in [0.2, 0.25) is 5.91 Å². The van der Waals surface area contributed by atoms with E-state index in [-0.39, 0.29) is 6.54 Å². The summed E-state index contributed by atoms with van der Waals surface area (Å²) in [6, 6.07) is 5.00. The Kier molecular flexibility index (Phi) is 6.62. The summed E-state index contributed by atoms with van der Waals surface area (Å²) in [5.41, 5.74) is 0.945. The Morgan fingerprint density at radius 1 is 1.25 bits per heavy atom. The molecule has 1 aliphatic heterocycles. The van der Waals surface area contributed by atoms with Crippen molar-refractivity contribution >= 4 is 45.5 Å². The minimum atomic E-state index is -1.69. The van der Waals surface area contributed by atoms with Crippen LogP contribution in [0.15, 0.2) is 28.7 Å². The summed E-state index contributed by atoms with van der Waals surface area (Å²) < 4.78 is 0.822. The Hall–Kier alpha value is -2.66. The van der Waals surface area contributed by atoms with Gasteiger partial charge in [0.05, 0.1) is 0 Å². The van der Waals surface area contributed by atoms with E-state index in [1.54, 1.807) is 38.1 Å². The van der Waals surface area contributed by atoms with Crippen LogP contribution in [0.1, 0.15) is 20.8 Å². The number of rotatable bonds is 6. The number of imide groups is 1. The second-order valence-electron chi connectivity index (χ2n) is 6.62. The van der Waals surface area contributed by atoms with Crippen LogP contribution in [0.4, 0.5) is 15.3 Å². The zero-order valence-corrected chi connectivity index (χ0v) is 17.2. The molecule has 1 heterocycles. The molecular formula is C17H22BrN5O5.